The van der Waals surface area contributed by atoms with Crippen LogP contribution in [0.3, 0.4) is 0 Å². The molecule has 184 valence electrons. The lowest BCUT2D eigenvalue weighted by Gasteiger charge is -2.25. The number of nitrogens with two attached hydrogens (primary N) is 2. The molecule has 33 heavy (non-hydrogen) atoms. The van der Waals surface area contributed by atoms with Gasteiger partial charge in [-0.05, 0) is 12.3 Å². The predicted octanol–water partition coefficient (Wildman–Crippen LogP) is -3.27. The van der Waals surface area contributed by atoms with Gasteiger partial charge in [-0.15, -0.1) is 0 Å². The van der Waals surface area contributed by atoms with E-state index >= 15 is 0 Å². The number of carboxylic acid groups (broad SMARTS) is 1. The lowest BCUT2D eigenvalue weighted by molar-refractivity contribution is -0.143. The number of nitrogens with one attached hydrogen (secondary N) is 4. The van der Waals surface area contributed by atoms with Gasteiger partial charge in [0.05, 0.1) is 19.0 Å². The number of primary amides is 1. The van der Waals surface area contributed by atoms with Crippen molar-refractivity contribution in [3.63, 3.8) is 0 Å². The summed E-state index contributed by atoms with van der Waals surface area (Å²) in [6, 6.07) is -5.04. The molecule has 14 nitrogen and oxygen atoms in total. The van der Waals surface area contributed by atoms with E-state index in [9.17, 15) is 24.0 Å². The van der Waals surface area contributed by atoms with E-state index in [-0.39, 0.29) is 25.2 Å². The largest absolute Gasteiger partial charge is 0.480 e. The molecule has 10 N–H and O–H groups in total. The SMILES string of the molecule is CC(C)C(N)C(=O)NC(Cc1cnc[nH]1)C(=O)NC(CCC(N)=O)C(=O)NC(CO)C(=O)O. The van der Waals surface area contributed by atoms with Crippen LogP contribution in [0.15, 0.2) is 12.5 Å². The number of aliphatic hydroxyl groups is 1. The van der Waals surface area contributed by atoms with Crippen molar-refractivity contribution in [1.29, 1.82) is 0 Å². The second-order valence-electron chi connectivity index (χ2n) is 7.76. The average Bonchev–Trinajstić information content (AvgIpc) is 3.25. The summed E-state index contributed by atoms with van der Waals surface area (Å²) in [6.45, 7) is 2.58. The maximum atomic E-state index is 13.0. The van der Waals surface area contributed by atoms with Crippen molar-refractivity contribution in [3.05, 3.63) is 18.2 Å². The van der Waals surface area contributed by atoms with Gasteiger partial charge in [0.1, 0.15) is 18.1 Å². The van der Waals surface area contributed by atoms with Crippen LogP contribution in [-0.2, 0) is 30.4 Å². The first-order chi connectivity index (χ1) is 15.5. The quantitative estimate of drug-likeness (QED) is 0.136. The summed E-state index contributed by atoms with van der Waals surface area (Å²) in [5.74, 6) is -4.76. The molecule has 1 heterocycles. The molecule has 0 saturated carbocycles. The summed E-state index contributed by atoms with van der Waals surface area (Å²) in [5.41, 5.74) is 11.5. The number of carbonyl (C=O) groups is 5. The van der Waals surface area contributed by atoms with Crippen LogP contribution >= 0.6 is 0 Å². The molecule has 0 aromatic carbocycles. The van der Waals surface area contributed by atoms with E-state index in [0.717, 1.165) is 0 Å². The monoisotopic (exact) mass is 469 g/mol. The number of aliphatic hydroxyl groups excluding tert-OH is 1. The van der Waals surface area contributed by atoms with Crippen molar-refractivity contribution in [1.82, 2.24) is 25.9 Å². The Morgan fingerprint density at radius 2 is 1.61 bits per heavy atom. The highest BCUT2D eigenvalue weighted by Crippen LogP contribution is 2.05. The van der Waals surface area contributed by atoms with Gasteiger partial charge in [0.25, 0.3) is 0 Å². The normalized spacial score (nSPS) is 14.6. The Labute approximate surface area is 189 Å². The highest BCUT2D eigenvalue weighted by molar-refractivity contribution is 5.94. The zero-order valence-corrected chi connectivity index (χ0v) is 18.4. The number of aliphatic carboxylic acids is 1. The smallest absolute Gasteiger partial charge is 0.328 e. The number of carboxylic acids is 1. The summed E-state index contributed by atoms with van der Waals surface area (Å²) in [7, 11) is 0. The molecule has 0 radical (unpaired) electrons. The molecule has 1 aromatic rings. The Hall–Kier alpha value is -3.52. The minimum absolute atomic E-state index is 0.0130. The van der Waals surface area contributed by atoms with Crippen molar-refractivity contribution in [3.8, 4) is 0 Å². The molecule has 0 fully saturated rings. The lowest BCUT2D eigenvalue weighted by Crippen LogP contribution is -2.58. The summed E-state index contributed by atoms with van der Waals surface area (Å²) < 4.78 is 0. The van der Waals surface area contributed by atoms with Crippen molar-refractivity contribution in [2.45, 2.75) is 57.3 Å². The topological polar surface area (TPSA) is 243 Å². The van der Waals surface area contributed by atoms with Crippen LogP contribution in [0.25, 0.3) is 0 Å². The number of aromatic amines is 1. The van der Waals surface area contributed by atoms with Crippen molar-refractivity contribution in [2.24, 2.45) is 17.4 Å². The summed E-state index contributed by atoms with van der Waals surface area (Å²) in [6.07, 6.45) is 2.30. The Kier molecular flexibility index (Phi) is 10.9. The van der Waals surface area contributed by atoms with Crippen molar-refractivity contribution < 1.29 is 34.2 Å². The van der Waals surface area contributed by atoms with Crippen molar-refractivity contribution >= 4 is 29.6 Å². The Morgan fingerprint density at radius 1 is 1.03 bits per heavy atom. The van der Waals surface area contributed by atoms with E-state index < -0.39 is 60.4 Å². The van der Waals surface area contributed by atoms with Gasteiger partial charge in [-0.2, -0.15) is 0 Å². The highest BCUT2D eigenvalue weighted by Gasteiger charge is 2.31. The first kappa shape index (κ1) is 27.5. The standard InChI is InChI=1S/C19H31N7O7/c1-9(2)15(21)18(31)25-12(5-10-6-22-8-23-10)17(30)24-11(3-4-14(20)28)16(29)26-13(7-27)19(32)33/h6,8-9,11-13,15,27H,3-5,7,21H2,1-2H3,(H2,20,28)(H,22,23)(H,24,30)(H,25,31)(H,26,29)(H,32,33). The Bertz CT molecular complexity index is 828. The van der Waals surface area contributed by atoms with Crippen LogP contribution in [0, 0.1) is 5.92 Å². The number of aromatic nitrogens is 2. The van der Waals surface area contributed by atoms with Crippen LogP contribution in [0.5, 0.6) is 0 Å². The van der Waals surface area contributed by atoms with Gasteiger partial charge in [-0.1, -0.05) is 13.8 Å². The molecule has 0 saturated heterocycles. The lowest BCUT2D eigenvalue weighted by atomic mass is 10.0. The van der Waals surface area contributed by atoms with Gasteiger partial charge < -0.3 is 42.6 Å². The zero-order chi connectivity index (χ0) is 25.1. The average molecular weight is 469 g/mol. The molecule has 4 amide bonds. The molecule has 0 aliphatic rings. The molecule has 1 rings (SSSR count). The molecule has 4 atom stereocenters. The van der Waals surface area contributed by atoms with E-state index in [1.807, 2.05) is 0 Å². The second-order valence-corrected chi connectivity index (χ2v) is 7.76. The number of hydrogen-bond acceptors (Lipinski definition) is 8. The Balaban J connectivity index is 3.05. The van der Waals surface area contributed by atoms with Gasteiger partial charge >= 0.3 is 5.97 Å². The maximum Gasteiger partial charge on any atom is 0.328 e. The van der Waals surface area contributed by atoms with E-state index in [4.69, 9.17) is 21.7 Å². The van der Waals surface area contributed by atoms with Crippen LogP contribution < -0.4 is 27.4 Å². The van der Waals surface area contributed by atoms with Crippen molar-refractivity contribution in [2.75, 3.05) is 6.61 Å². The maximum absolute atomic E-state index is 13.0. The van der Waals surface area contributed by atoms with E-state index in [2.05, 4.69) is 25.9 Å². The predicted molar refractivity (Wildman–Crippen MR) is 114 cm³/mol. The molecular weight excluding hydrogens is 438 g/mol. The van der Waals surface area contributed by atoms with E-state index in [1.54, 1.807) is 13.8 Å². The number of hydrogen-bond donors (Lipinski definition) is 8. The molecule has 1 aromatic heterocycles. The fourth-order valence-corrected chi connectivity index (χ4v) is 2.68. The molecule has 4 unspecified atom stereocenters. The van der Waals surface area contributed by atoms with Crippen LogP contribution in [0.2, 0.25) is 0 Å². The third-order valence-corrected chi connectivity index (χ3v) is 4.74. The summed E-state index contributed by atoms with van der Waals surface area (Å²) in [4.78, 5) is 66.9. The van der Waals surface area contributed by atoms with Gasteiger partial charge in [0, 0.05) is 24.7 Å². The molecule has 0 aliphatic carbocycles. The molecule has 0 bridgehead atoms. The van der Waals surface area contributed by atoms with Gasteiger partial charge in [-0.3, -0.25) is 19.2 Å². The van der Waals surface area contributed by atoms with Crippen LogP contribution in [0.4, 0.5) is 0 Å². The van der Waals surface area contributed by atoms with Gasteiger partial charge in [-0.25, -0.2) is 9.78 Å². The number of carbonyl (C=O) groups excluding carboxylic acids is 4. The van der Waals surface area contributed by atoms with Crippen LogP contribution in [0.1, 0.15) is 32.4 Å². The number of amides is 4. The van der Waals surface area contributed by atoms with E-state index in [1.165, 1.54) is 12.5 Å². The Morgan fingerprint density at radius 3 is 2.09 bits per heavy atom. The number of rotatable bonds is 14. The second kappa shape index (κ2) is 13.1. The zero-order valence-electron chi connectivity index (χ0n) is 18.4. The van der Waals surface area contributed by atoms with Gasteiger partial charge in [0.15, 0.2) is 0 Å². The third kappa shape index (κ3) is 9.24. The van der Waals surface area contributed by atoms with Crippen LogP contribution in [-0.4, -0.2) is 80.6 Å². The molecule has 0 aliphatic heterocycles. The first-order valence-electron chi connectivity index (χ1n) is 10.2. The third-order valence-electron chi connectivity index (χ3n) is 4.74. The fourth-order valence-electron chi connectivity index (χ4n) is 2.68. The van der Waals surface area contributed by atoms with E-state index in [0.29, 0.717) is 5.69 Å². The summed E-state index contributed by atoms with van der Waals surface area (Å²) in [5, 5.41) is 25.2. The highest BCUT2D eigenvalue weighted by atomic mass is 16.4. The summed E-state index contributed by atoms with van der Waals surface area (Å²) >= 11 is 0. The minimum atomic E-state index is -1.62. The molecular formula is C19H31N7O7. The number of nitrogens with zero attached hydrogens (tertiary/aromatic N) is 1. The van der Waals surface area contributed by atoms with Gasteiger partial charge in [0.2, 0.25) is 23.6 Å². The first-order valence-corrected chi connectivity index (χ1v) is 10.2. The molecule has 14 heteroatoms. The number of imidazole rings is 1. The number of H-pyrrole nitrogens is 1. The molecule has 0 spiro atoms. The minimum Gasteiger partial charge on any atom is -0.480 e. The fraction of sp³-hybridized carbons (Fsp3) is 0.579.